The van der Waals surface area contributed by atoms with E-state index in [9.17, 15) is 4.79 Å². The molecule has 0 aliphatic rings. The van der Waals surface area contributed by atoms with Gasteiger partial charge in [0, 0.05) is 6.54 Å². The molecule has 1 rings (SSSR count). The van der Waals surface area contributed by atoms with Crippen molar-refractivity contribution < 1.29 is 9.53 Å². The molecule has 0 amide bonds. The van der Waals surface area contributed by atoms with Crippen molar-refractivity contribution in [2.24, 2.45) is 5.73 Å². The van der Waals surface area contributed by atoms with Gasteiger partial charge in [0.15, 0.2) is 0 Å². The fourth-order valence-electron chi connectivity index (χ4n) is 1.10. The van der Waals surface area contributed by atoms with E-state index in [1.165, 1.54) is 0 Å². The highest BCUT2D eigenvalue weighted by Gasteiger charge is 2.05. The van der Waals surface area contributed by atoms with Crippen molar-refractivity contribution in [1.82, 2.24) is 0 Å². The van der Waals surface area contributed by atoms with Crippen LogP contribution >= 0.6 is 0 Å². The average Bonchev–Trinajstić information content (AvgIpc) is 2.29. The number of esters is 1. The van der Waals surface area contributed by atoms with Crippen LogP contribution in [0.4, 0.5) is 0 Å². The number of rotatable bonds is 5. The highest BCUT2D eigenvalue weighted by molar-refractivity contribution is 5.89. The van der Waals surface area contributed by atoms with Crippen LogP contribution < -0.4 is 5.73 Å². The third kappa shape index (κ3) is 3.56. The van der Waals surface area contributed by atoms with E-state index in [2.05, 4.69) is 6.58 Å². The predicted molar refractivity (Wildman–Crippen MR) is 59.4 cm³/mol. The van der Waals surface area contributed by atoms with Gasteiger partial charge in [0.25, 0.3) is 0 Å². The normalized spacial score (nSPS) is 9.67. The highest BCUT2D eigenvalue weighted by Crippen LogP contribution is 2.05. The molecule has 0 radical (unpaired) electrons. The second-order valence-corrected chi connectivity index (χ2v) is 3.11. The Balaban J connectivity index is 2.54. The molecule has 0 saturated heterocycles. The number of carbonyl (C=O) groups excluding carboxylic acids is 1. The van der Waals surface area contributed by atoms with E-state index in [0.29, 0.717) is 25.1 Å². The molecule has 15 heavy (non-hydrogen) atoms. The summed E-state index contributed by atoms with van der Waals surface area (Å²) in [6.07, 6.45) is 2.39. The summed E-state index contributed by atoms with van der Waals surface area (Å²) in [4.78, 5) is 11.4. The Hall–Kier alpha value is -1.61. The maximum absolute atomic E-state index is 11.4. The molecule has 0 aliphatic heterocycles. The van der Waals surface area contributed by atoms with Gasteiger partial charge in [0.1, 0.15) is 0 Å². The predicted octanol–water partition coefficient (Wildman–Crippen LogP) is 1.88. The summed E-state index contributed by atoms with van der Waals surface area (Å²) in [5.41, 5.74) is 7.00. The Labute approximate surface area is 89.5 Å². The summed E-state index contributed by atoms with van der Waals surface area (Å²) in [5.74, 6) is -0.305. The van der Waals surface area contributed by atoms with Gasteiger partial charge in [-0.25, -0.2) is 4.79 Å². The van der Waals surface area contributed by atoms with Crippen molar-refractivity contribution in [3.05, 3.63) is 48.0 Å². The molecule has 0 bridgehead atoms. The monoisotopic (exact) mass is 205 g/mol. The van der Waals surface area contributed by atoms with Crippen molar-refractivity contribution in [3.8, 4) is 0 Å². The topological polar surface area (TPSA) is 52.3 Å². The van der Waals surface area contributed by atoms with Gasteiger partial charge in [-0.15, -0.1) is 6.58 Å². The third-order valence-corrected chi connectivity index (χ3v) is 1.98. The zero-order chi connectivity index (χ0) is 11.1. The Morgan fingerprint density at radius 3 is 2.60 bits per heavy atom. The molecule has 0 aliphatic carbocycles. The molecule has 2 N–H and O–H groups in total. The van der Waals surface area contributed by atoms with Crippen LogP contribution in [0, 0.1) is 0 Å². The summed E-state index contributed by atoms with van der Waals surface area (Å²) in [6, 6.07) is 7.09. The molecule has 0 atom stereocenters. The average molecular weight is 205 g/mol. The van der Waals surface area contributed by atoms with E-state index in [1.807, 2.05) is 12.1 Å². The van der Waals surface area contributed by atoms with Crippen LogP contribution in [0.5, 0.6) is 0 Å². The maximum Gasteiger partial charge on any atom is 0.338 e. The van der Waals surface area contributed by atoms with Gasteiger partial charge in [-0.3, -0.25) is 0 Å². The lowest BCUT2D eigenvalue weighted by Crippen LogP contribution is -2.06. The molecule has 0 aromatic heterocycles. The van der Waals surface area contributed by atoms with E-state index < -0.39 is 0 Å². The molecule has 0 spiro atoms. The van der Waals surface area contributed by atoms with Gasteiger partial charge < -0.3 is 10.5 Å². The van der Waals surface area contributed by atoms with Crippen LogP contribution in [-0.2, 0) is 11.3 Å². The molecular formula is C12H15NO2. The first kappa shape index (κ1) is 11.5. The minimum Gasteiger partial charge on any atom is -0.462 e. The number of carbonyl (C=O) groups is 1. The van der Waals surface area contributed by atoms with Crippen LogP contribution in [0.2, 0.25) is 0 Å². The van der Waals surface area contributed by atoms with Gasteiger partial charge in [0.05, 0.1) is 12.2 Å². The number of nitrogens with two attached hydrogens (primary N) is 1. The Bertz CT molecular complexity index is 330. The molecule has 3 heteroatoms. The van der Waals surface area contributed by atoms with E-state index >= 15 is 0 Å². The van der Waals surface area contributed by atoms with Crippen molar-refractivity contribution in [2.45, 2.75) is 13.0 Å². The van der Waals surface area contributed by atoms with Crippen molar-refractivity contribution >= 4 is 5.97 Å². The first-order chi connectivity index (χ1) is 7.27. The SMILES string of the molecule is C=CCCOC(=O)c1ccc(CN)cc1. The van der Waals surface area contributed by atoms with Gasteiger partial charge in [0.2, 0.25) is 0 Å². The third-order valence-electron chi connectivity index (χ3n) is 1.98. The van der Waals surface area contributed by atoms with E-state index in [4.69, 9.17) is 10.5 Å². The first-order valence-corrected chi connectivity index (χ1v) is 4.85. The van der Waals surface area contributed by atoms with Crippen LogP contribution in [0.1, 0.15) is 22.3 Å². The minimum absolute atomic E-state index is 0.305. The van der Waals surface area contributed by atoms with Gasteiger partial charge in [-0.05, 0) is 24.1 Å². The molecule has 3 nitrogen and oxygen atoms in total. The fraction of sp³-hybridized carbons (Fsp3) is 0.250. The molecule has 80 valence electrons. The van der Waals surface area contributed by atoms with Crippen LogP contribution in [0.3, 0.4) is 0 Å². The summed E-state index contributed by atoms with van der Waals surface area (Å²) in [6.45, 7) is 4.40. The van der Waals surface area contributed by atoms with Crippen LogP contribution in [-0.4, -0.2) is 12.6 Å². The fourth-order valence-corrected chi connectivity index (χ4v) is 1.10. The molecule has 0 fully saturated rings. The van der Waals surface area contributed by atoms with Crippen molar-refractivity contribution in [1.29, 1.82) is 0 Å². The lowest BCUT2D eigenvalue weighted by Gasteiger charge is -2.03. The number of benzene rings is 1. The standard InChI is InChI=1S/C12H15NO2/c1-2-3-8-15-12(14)11-6-4-10(9-13)5-7-11/h2,4-7H,1,3,8-9,13H2. The number of hydrogen-bond donors (Lipinski definition) is 1. The summed E-state index contributed by atoms with van der Waals surface area (Å²) in [5, 5.41) is 0. The Morgan fingerprint density at radius 2 is 2.07 bits per heavy atom. The maximum atomic E-state index is 11.4. The van der Waals surface area contributed by atoms with Crippen LogP contribution in [0.25, 0.3) is 0 Å². The molecule has 0 unspecified atom stereocenters. The lowest BCUT2D eigenvalue weighted by atomic mass is 10.1. The van der Waals surface area contributed by atoms with Gasteiger partial charge in [-0.2, -0.15) is 0 Å². The number of ether oxygens (including phenoxy) is 1. The first-order valence-electron chi connectivity index (χ1n) is 4.85. The minimum atomic E-state index is -0.305. The summed E-state index contributed by atoms with van der Waals surface area (Å²) < 4.78 is 5.00. The van der Waals surface area contributed by atoms with Gasteiger partial charge in [-0.1, -0.05) is 18.2 Å². The molecule has 0 heterocycles. The lowest BCUT2D eigenvalue weighted by molar-refractivity contribution is 0.0512. The van der Waals surface area contributed by atoms with E-state index in [0.717, 1.165) is 5.56 Å². The smallest absolute Gasteiger partial charge is 0.338 e. The van der Waals surface area contributed by atoms with E-state index in [-0.39, 0.29) is 5.97 Å². The quantitative estimate of drug-likeness (QED) is 0.453. The second-order valence-electron chi connectivity index (χ2n) is 3.11. The largest absolute Gasteiger partial charge is 0.462 e. The van der Waals surface area contributed by atoms with Gasteiger partial charge >= 0.3 is 5.97 Å². The second kappa shape index (κ2) is 5.98. The van der Waals surface area contributed by atoms with Crippen LogP contribution in [0.15, 0.2) is 36.9 Å². The Kier molecular flexibility index (Phi) is 4.57. The number of hydrogen-bond acceptors (Lipinski definition) is 3. The zero-order valence-corrected chi connectivity index (χ0v) is 8.61. The molecule has 1 aromatic carbocycles. The van der Waals surface area contributed by atoms with E-state index in [1.54, 1.807) is 18.2 Å². The molecular weight excluding hydrogens is 190 g/mol. The molecule has 1 aromatic rings. The zero-order valence-electron chi connectivity index (χ0n) is 8.61. The Morgan fingerprint density at radius 1 is 1.40 bits per heavy atom. The van der Waals surface area contributed by atoms with Crippen molar-refractivity contribution in [3.63, 3.8) is 0 Å². The molecule has 0 saturated carbocycles. The summed E-state index contributed by atoms with van der Waals surface area (Å²) in [7, 11) is 0. The summed E-state index contributed by atoms with van der Waals surface area (Å²) >= 11 is 0. The van der Waals surface area contributed by atoms with Crippen molar-refractivity contribution in [2.75, 3.05) is 6.61 Å². The highest BCUT2D eigenvalue weighted by atomic mass is 16.5.